The zero-order chi connectivity index (χ0) is 15.5. The Morgan fingerprint density at radius 2 is 2.09 bits per heavy atom. The van der Waals surface area contributed by atoms with E-state index in [0.717, 1.165) is 38.9 Å². The van der Waals surface area contributed by atoms with E-state index >= 15 is 0 Å². The van der Waals surface area contributed by atoms with Gasteiger partial charge >= 0.3 is 0 Å². The largest absolute Gasteiger partial charge is 0.347 e. The summed E-state index contributed by atoms with van der Waals surface area (Å²) in [6, 6.07) is 12.0. The summed E-state index contributed by atoms with van der Waals surface area (Å²) in [7, 11) is 0. The first kappa shape index (κ1) is 15.3. The van der Waals surface area contributed by atoms with Crippen LogP contribution < -0.4 is 5.32 Å². The highest BCUT2D eigenvalue weighted by atomic mass is 79.9. The predicted octanol–water partition coefficient (Wildman–Crippen LogP) is 4.81. The molecule has 1 amide bonds. The lowest BCUT2D eigenvalue weighted by Crippen LogP contribution is -2.25. The molecule has 0 spiro atoms. The fraction of sp³-hybridized carbons (Fsp3) is 0.235. The Morgan fingerprint density at radius 3 is 2.82 bits per heavy atom. The van der Waals surface area contributed by atoms with Gasteiger partial charge in [-0.3, -0.25) is 4.79 Å². The third kappa shape index (κ3) is 2.96. The second kappa shape index (κ2) is 6.67. The molecule has 0 bridgehead atoms. The van der Waals surface area contributed by atoms with E-state index < -0.39 is 0 Å². The van der Waals surface area contributed by atoms with Crippen LogP contribution in [-0.4, -0.2) is 10.5 Å². The van der Waals surface area contributed by atoms with Crippen LogP contribution in [0.3, 0.4) is 0 Å². The van der Waals surface area contributed by atoms with Crippen LogP contribution in [0.4, 0.5) is 0 Å². The maximum Gasteiger partial charge on any atom is 0.268 e. The lowest BCUT2D eigenvalue weighted by molar-refractivity contribution is 0.0942. The standard InChI is InChI=1S/C17H17BrN2OS/c1-2-8-20-14(9-15-16(20)13(18)11-22-15)17(21)19-10-12-6-4-3-5-7-12/h3-7,9,11H,2,8,10H2,1H3,(H,19,21). The van der Waals surface area contributed by atoms with Gasteiger partial charge in [0.2, 0.25) is 0 Å². The van der Waals surface area contributed by atoms with Crippen LogP contribution in [0.1, 0.15) is 29.4 Å². The number of nitrogens with zero attached hydrogens (tertiary/aromatic N) is 1. The number of carbonyl (C=O) groups excluding carboxylic acids is 1. The Labute approximate surface area is 142 Å². The Balaban J connectivity index is 1.85. The summed E-state index contributed by atoms with van der Waals surface area (Å²) < 4.78 is 4.31. The average Bonchev–Trinajstić information content (AvgIpc) is 3.07. The molecule has 0 atom stereocenters. The zero-order valence-corrected chi connectivity index (χ0v) is 14.7. The number of nitrogens with one attached hydrogen (secondary N) is 1. The fourth-order valence-corrected chi connectivity index (χ4v) is 4.24. The van der Waals surface area contributed by atoms with Crippen molar-refractivity contribution in [3.05, 3.63) is 57.5 Å². The summed E-state index contributed by atoms with van der Waals surface area (Å²) in [6.07, 6.45) is 0.991. The molecule has 0 unspecified atom stereocenters. The molecule has 5 heteroatoms. The minimum Gasteiger partial charge on any atom is -0.347 e. The van der Waals surface area contributed by atoms with E-state index in [-0.39, 0.29) is 5.91 Å². The molecule has 3 nitrogen and oxygen atoms in total. The monoisotopic (exact) mass is 376 g/mol. The number of carbonyl (C=O) groups is 1. The summed E-state index contributed by atoms with van der Waals surface area (Å²) >= 11 is 5.24. The SMILES string of the molecule is CCCn1c(C(=O)NCc2ccccc2)cc2scc(Br)c21. The van der Waals surface area contributed by atoms with Gasteiger partial charge in [-0.05, 0) is 34.0 Å². The molecule has 0 radical (unpaired) electrons. The van der Waals surface area contributed by atoms with E-state index in [1.54, 1.807) is 11.3 Å². The predicted molar refractivity (Wildman–Crippen MR) is 95.4 cm³/mol. The normalized spacial score (nSPS) is 11.0. The highest BCUT2D eigenvalue weighted by molar-refractivity contribution is 9.10. The van der Waals surface area contributed by atoms with E-state index in [1.807, 2.05) is 36.4 Å². The maximum absolute atomic E-state index is 12.5. The first-order valence-corrected chi connectivity index (χ1v) is 8.96. The molecule has 22 heavy (non-hydrogen) atoms. The highest BCUT2D eigenvalue weighted by Crippen LogP contribution is 2.33. The molecule has 3 aromatic rings. The lowest BCUT2D eigenvalue weighted by Gasteiger charge is -2.10. The molecule has 1 N–H and O–H groups in total. The third-order valence-electron chi connectivity index (χ3n) is 3.55. The van der Waals surface area contributed by atoms with E-state index in [1.165, 1.54) is 0 Å². The van der Waals surface area contributed by atoms with Gasteiger partial charge in [0.25, 0.3) is 5.91 Å². The van der Waals surface area contributed by atoms with Crippen LogP contribution >= 0.6 is 27.3 Å². The van der Waals surface area contributed by atoms with Gasteiger partial charge in [-0.1, -0.05) is 37.3 Å². The van der Waals surface area contributed by atoms with Crippen molar-refractivity contribution in [3.63, 3.8) is 0 Å². The van der Waals surface area contributed by atoms with Crippen molar-refractivity contribution in [3.8, 4) is 0 Å². The van der Waals surface area contributed by atoms with Gasteiger partial charge in [0.05, 0.1) is 14.7 Å². The Morgan fingerprint density at radius 1 is 1.32 bits per heavy atom. The molecule has 3 rings (SSSR count). The number of fused-ring (bicyclic) bond motifs is 1. The molecule has 0 aliphatic heterocycles. The molecular formula is C17H17BrN2OS. The number of aryl methyl sites for hydroxylation is 1. The van der Waals surface area contributed by atoms with Crippen molar-refractivity contribution >= 4 is 43.4 Å². The fourth-order valence-electron chi connectivity index (χ4n) is 2.54. The summed E-state index contributed by atoms with van der Waals surface area (Å²) in [6.45, 7) is 3.51. The first-order valence-electron chi connectivity index (χ1n) is 7.29. The van der Waals surface area contributed by atoms with E-state index in [2.05, 4.69) is 38.1 Å². The van der Waals surface area contributed by atoms with Crippen molar-refractivity contribution in [1.29, 1.82) is 0 Å². The van der Waals surface area contributed by atoms with Crippen molar-refractivity contribution in [2.75, 3.05) is 0 Å². The van der Waals surface area contributed by atoms with Crippen LogP contribution in [0, 0.1) is 0 Å². The van der Waals surface area contributed by atoms with Crippen LogP contribution in [0.15, 0.2) is 46.3 Å². The van der Waals surface area contributed by atoms with Crippen molar-refractivity contribution in [2.24, 2.45) is 0 Å². The lowest BCUT2D eigenvalue weighted by atomic mass is 10.2. The minimum absolute atomic E-state index is 0.0207. The quantitative estimate of drug-likeness (QED) is 0.681. The minimum atomic E-state index is -0.0207. The van der Waals surface area contributed by atoms with Crippen molar-refractivity contribution in [2.45, 2.75) is 26.4 Å². The van der Waals surface area contributed by atoms with Gasteiger partial charge in [0, 0.05) is 18.5 Å². The van der Waals surface area contributed by atoms with Gasteiger partial charge in [0.15, 0.2) is 0 Å². The van der Waals surface area contributed by atoms with Gasteiger partial charge < -0.3 is 9.88 Å². The highest BCUT2D eigenvalue weighted by Gasteiger charge is 2.17. The summed E-state index contributed by atoms with van der Waals surface area (Å²) in [5.74, 6) is -0.0207. The molecular weight excluding hydrogens is 360 g/mol. The summed E-state index contributed by atoms with van der Waals surface area (Å²) in [5.41, 5.74) is 2.96. The molecule has 0 aliphatic carbocycles. The molecule has 1 aromatic carbocycles. The van der Waals surface area contributed by atoms with Gasteiger partial charge in [-0.2, -0.15) is 0 Å². The molecule has 114 valence electrons. The molecule has 2 heterocycles. The van der Waals surface area contributed by atoms with Gasteiger partial charge in [-0.25, -0.2) is 0 Å². The summed E-state index contributed by atoms with van der Waals surface area (Å²) in [4.78, 5) is 12.5. The van der Waals surface area contributed by atoms with Crippen molar-refractivity contribution in [1.82, 2.24) is 9.88 Å². The Kier molecular flexibility index (Phi) is 4.64. The smallest absolute Gasteiger partial charge is 0.268 e. The number of benzene rings is 1. The summed E-state index contributed by atoms with van der Waals surface area (Å²) in [5, 5.41) is 5.09. The van der Waals surface area contributed by atoms with Crippen LogP contribution in [-0.2, 0) is 13.1 Å². The van der Waals surface area contributed by atoms with Gasteiger partial charge in [-0.15, -0.1) is 11.3 Å². The number of hydrogen-bond donors (Lipinski definition) is 1. The number of hydrogen-bond acceptors (Lipinski definition) is 2. The zero-order valence-electron chi connectivity index (χ0n) is 12.3. The Bertz CT molecular complexity index is 792. The van der Waals surface area contributed by atoms with E-state index in [4.69, 9.17) is 0 Å². The van der Waals surface area contributed by atoms with E-state index in [9.17, 15) is 4.79 Å². The maximum atomic E-state index is 12.5. The van der Waals surface area contributed by atoms with E-state index in [0.29, 0.717) is 6.54 Å². The number of rotatable bonds is 5. The number of aromatic nitrogens is 1. The Hall–Kier alpha value is -1.59. The van der Waals surface area contributed by atoms with Gasteiger partial charge in [0.1, 0.15) is 5.69 Å². The average molecular weight is 377 g/mol. The number of halogens is 1. The third-order valence-corrected chi connectivity index (χ3v) is 5.38. The molecule has 0 aliphatic rings. The molecule has 0 saturated heterocycles. The number of amides is 1. The molecule has 2 aromatic heterocycles. The molecule has 0 fully saturated rings. The topological polar surface area (TPSA) is 34.0 Å². The van der Waals surface area contributed by atoms with Crippen LogP contribution in [0.25, 0.3) is 10.2 Å². The first-order chi connectivity index (χ1) is 10.7. The second-order valence-corrected chi connectivity index (χ2v) is 6.91. The van der Waals surface area contributed by atoms with Crippen LogP contribution in [0.5, 0.6) is 0 Å². The second-order valence-electron chi connectivity index (χ2n) is 5.15. The van der Waals surface area contributed by atoms with Crippen LogP contribution in [0.2, 0.25) is 0 Å². The number of thiophene rings is 1. The molecule has 0 saturated carbocycles. The van der Waals surface area contributed by atoms with Crippen molar-refractivity contribution < 1.29 is 4.79 Å².